The van der Waals surface area contributed by atoms with E-state index in [4.69, 9.17) is 9.97 Å². The van der Waals surface area contributed by atoms with Gasteiger partial charge in [-0.25, -0.2) is 9.97 Å². The number of nitrogens with zero attached hydrogens (tertiary/aromatic N) is 4. The average molecular weight is 393 g/mol. The monoisotopic (exact) mass is 392 g/mol. The van der Waals surface area contributed by atoms with Crippen molar-refractivity contribution in [3.63, 3.8) is 0 Å². The van der Waals surface area contributed by atoms with Gasteiger partial charge in [0.15, 0.2) is 0 Å². The van der Waals surface area contributed by atoms with Gasteiger partial charge in [0, 0.05) is 30.9 Å². The van der Waals surface area contributed by atoms with Gasteiger partial charge in [-0.2, -0.15) is 0 Å². The summed E-state index contributed by atoms with van der Waals surface area (Å²) in [6.45, 7) is 4.03. The number of hydrogen-bond donors (Lipinski definition) is 0. The van der Waals surface area contributed by atoms with Crippen LogP contribution in [0.5, 0.6) is 0 Å². The van der Waals surface area contributed by atoms with Gasteiger partial charge in [-0.15, -0.1) is 22.7 Å². The minimum absolute atomic E-state index is 0.849. The number of hydrogen-bond acceptors (Lipinski definition) is 6. The van der Waals surface area contributed by atoms with Crippen LogP contribution in [0, 0.1) is 0 Å². The van der Waals surface area contributed by atoms with Crippen LogP contribution in [0.2, 0.25) is 0 Å². The number of anilines is 1. The van der Waals surface area contributed by atoms with Crippen molar-refractivity contribution in [2.24, 2.45) is 0 Å². The molecule has 0 aliphatic carbocycles. The van der Waals surface area contributed by atoms with E-state index in [0.717, 1.165) is 43.5 Å². The SMILES string of the molecule is CN1CCN(c2nc(-c3cccs3)cc(-c3cc4ccccc4s3)n2)CC1. The van der Waals surface area contributed by atoms with E-state index in [2.05, 4.69) is 70.8 Å². The van der Waals surface area contributed by atoms with Crippen LogP contribution in [0.25, 0.3) is 31.2 Å². The maximum absolute atomic E-state index is 4.97. The molecule has 3 aromatic heterocycles. The fraction of sp³-hybridized carbons (Fsp3) is 0.238. The summed E-state index contributed by atoms with van der Waals surface area (Å²) < 4.78 is 1.30. The second kappa shape index (κ2) is 7.03. The van der Waals surface area contributed by atoms with Crippen LogP contribution in [-0.2, 0) is 0 Å². The highest BCUT2D eigenvalue weighted by molar-refractivity contribution is 7.22. The molecule has 6 heteroatoms. The summed E-state index contributed by atoms with van der Waals surface area (Å²) in [5, 5.41) is 3.38. The summed E-state index contributed by atoms with van der Waals surface area (Å²) in [5.41, 5.74) is 2.03. The van der Waals surface area contributed by atoms with Crippen LogP contribution in [-0.4, -0.2) is 48.1 Å². The molecular weight excluding hydrogens is 372 g/mol. The van der Waals surface area contributed by atoms with Crippen molar-refractivity contribution in [1.82, 2.24) is 14.9 Å². The maximum Gasteiger partial charge on any atom is 0.226 e. The molecule has 0 radical (unpaired) electrons. The summed E-state index contributed by atoms with van der Waals surface area (Å²) in [6, 6.07) is 17.1. The summed E-state index contributed by atoms with van der Waals surface area (Å²) in [4.78, 5) is 16.9. The molecule has 1 aliphatic rings. The molecular formula is C21H20N4S2. The molecule has 1 saturated heterocycles. The van der Waals surface area contributed by atoms with E-state index in [-0.39, 0.29) is 0 Å². The van der Waals surface area contributed by atoms with Crippen molar-refractivity contribution in [3.8, 4) is 21.1 Å². The first-order valence-corrected chi connectivity index (χ1v) is 10.8. The zero-order valence-electron chi connectivity index (χ0n) is 15.1. The zero-order valence-corrected chi connectivity index (χ0v) is 16.8. The van der Waals surface area contributed by atoms with Crippen LogP contribution < -0.4 is 4.90 Å². The molecule has 0 bridgehead atoms. The summed E-state index contributed by atoms with van der Waals surface area (Å²) in [7, 11) is 2.17. The molecule has 0 atom stereocenters. The van der Waals surface area contributed by atoms with Gasteiger partial charge in [0.1, 0.15) is 0 Å². The van der Waals surface area contributed by atoms with Crippen molar-refractivity contribution < 1.29 is 0 Å². The van der Waals surface area contributed by atoms with E-state index >= 15 is 0 Å². The molecule has 1 fully saturated rings. The molecule has 0 N–H and O–H groups in total. The van der Waals surface area contributed by atoms with Crippen molar-refractivity contribution in [3.05, 3.63) is 53.9 Å². The molecule has 0 saturated carbocycles. The van der Waals surface area contributed by atoms with Gasteiger partial charge in [-0.3, -0.25) is 0 Å². The number of fused-ring (bicyclic) bond motifs is 1. The highest BCUT2D eigenvalue weighted by Crippen LogP contribution is 2.35. The zero-order chi connectivity index (χ0) is 18.2. The van der Waals surface area contributed by atoms with E-state index in [1.165, 1.54) is 19.8 Å². The molecule has 4 aromatic rings. The molecule has 1 aliphatic heterocycles. The molecule has 4 nitrogen and oxygen atoms in total. The van der Waals surface area contributed by atoms with Crippen molar-refractivity contribution in [2.75, 3.05) is 38.1 Å². The largest absolute Gasteiger partial charge is 0.338 e. The second-order valence-corrected chi connectivity index (χ2v) is 8.89. The minimum Gasteiger partial charge on any atom is -0.338 e. The third-order valence-electron chi connectivity index (χ3n) is 4.95. The van der Waals surface area contributed by atoms with Crippen LogP contribution >= 0.6 is 22.7 Å². The van der Waals surface area contributed by atoms with Gasteiger partial charge in [0.2, 0.25) is 5.95 Å². The normalized spacial score (nSPS) is 15.5. The van der Waals surface area contributed by atoms with E-state index in [1.54, 1.807) is 22.7 Å². The number of likely N-dealkylation sites (N-methyl/N-ethyl adjacent to an activating group) is 1. The number of piperazine rings is 1. The lowest BCUT2D eigenvalue weighted by atomic mass is 10.2. The van der Waals surface area contributed by atoms with Crippen molar-refractivity contribution in [1.29, 1.82) is 0 Å². The fourth-order valence-electron chi connectivity index (χ4n) is 3.37. The topological polar surface area (TPSA) is 32.3 Å². The lowest BCUT2D eigenvalue weighted by Gasteiger charge is -2.32. The van der Waals surface area contributed by atoms with Gasteiger partial charge in [-0.1, -0.05) is 24.3 Å². The third kappa shape index (κ3) is 3.36. The molecule has 0 unspecified atom stereocenters. The number of rotatable bonds is 3. The predicted molar refractivity (Wildman–Crippen MR) is 116 cm³/mol. The van der Waals surface area contributed by atoms with Crippen molar-refractivity contribution in [2.45, 2.75) is 0 Å². The number of benzene rings is 1. The fourth-order valence-corrected chi connectivity index (χ4v) is 5.08. The minimum atomic E-state index is 0.849. The Kier molecular flexibility index (Phi) is 4.39. The maximum atomic E-state index is 4.97. The van der Waals surface area contributed by atoms with Crippen LogP contribution in [0.15, 0.2) is 53.9 Å². The van der Waals surface area contributed by atoms with E-state index in [9.17, 15) is 0 Å². The Morgan fingerprint density at radius 3 is 2.37 bits per heavy atom. The van der Waals surface area contributed by atoms with E-state index in [0.29, 0.717) is 0 Å². The number of aromatic nitrogens is 2. The molecule has 136 valence electrons. The van der Waals surface area contributed by atoms with Gasteiger partial charge < -0.3 is 9.80 Å². The highest BCUT2D eigenvalue weighted by Gasteiger charge is 2.19. The number of thiophene rings is 2. The molecule has 27 heavy (non-hydrogen) atoms. The van der Waals surface area contributed by atoms with Crippen molar-refractivity contribution >= 4 is 38.7 Å². The lowest BCUT2D eigenvalue weighted by molar-refractivity contribution is 0.311. The summed E-state index contributed by atoms with van der Waals surface area (Å²) in [5.74, 6) is 0.849. The highest BCUT2D eigenvalue weighted by atomic mass is 32.1. The second-order valence-electron chi connectivity index (χ2n) is 6.85. The van der Waals surface area contributed by atoms with E-state index < -0.39 is 0 Å². The molecule has 0 spiro atoms. The Morgan fingerprint density at radius 2 is 1.63 bits per heavy atom. The first-order valence-electron chi connectivity index (χ1n) is 9.12. The standard InChI is InChI=1S/C21H20N4S2/c1-24-8-10-25(11-9-24)21-22-16(19-7-4-12-26-19)14-17(23-21)20-13-15-5-2-3-6-18(15)27-20/h2-7,12-14H,8-11H2,1H3. The third-order valence-corrected chi connectivity index (χ3v) is 6.98. The van der Waals surface area contributed by atoms with Gasteiger partial charge in [0.05, 0.1) is 21.1 Å². The Hall–Kier alpha value is -2.28. The first-order chi connectivity index (χ1) is 13.3. The van der Waals surface area contributed by atoms with Gasteiger partial charge >= 0.3 is 0 Å². The molecule has 0 amide bonds. The Bertz CT molecular complexity index is 1030. The Labute approximate surface area is 166 Å². The lowest BCUT2D eigenvalue weighted by Crippen LogP contribution is -2.45. The predicted octanol–water partition coefficient (Wildman–Crippen LogP) is 4.84. The average Bonchev–Trinajstić information content (AvgIpc) is 3.38. The Balaban J connectivity index is 1.61. The Morgan fingerprint density at radius 1 is 0.852 bits per heavy atom. The van der Waals surface area contributed by atoms with Crippen LogP contribution in [0.3, 0.4) is 0 Å². The van der Waals surface area contributed by atoms with Crippen LogP contribution in [0.1, 0.15) is 0 Å². The first kappa shape index (κ1) is 16.9. The molecule has 5 rings (SSSR count). The summed E-state index contributed by atoms with van der Waals surface area (Å²) >= 11 is 3.53. The van der Waals surface area contributed by atoms with Crippen LogP contribution in [0.4, 0.5) is 5.95 Å². The molecule has 1 aromatic carbocycles. The smallest absolute Gasteiger partial charge is 0.226 e. The molecule has 4 heterocycles. The summed E-state index contributed by atoms with van der Waals surface area (Å²) in [6.07, 6.45) is 0. The van der Waals surface area contributed by atoms with Gasteiger partial charge in [-0.05, 0) is 42.1 Å². The van der Waals surface area contributed by atoms with Gasteiger partial charge in [0.25, 0.3) is 0 Å². The quantitative estimate of drug-likeness (QED) is 0.499. The van der Waals surface area contributed by atoms with E-state index in [1.807, 2.05) is 0 Å².